The molecule has 0 bridgehead atoms. The molecule has 0 N–H and O–H groups in total. The van der Waals surface area contributed by atoms with Gasteiger partial charge in [-0.15, -0.1) is 0 Å². The van der Waals surface area contributed by atoms with Gasteiger partial charge in [-0.3, -0.25) is 0 Å². The zero-order valence-electron chi connectivity index (χ0n) is 6.90. The topological polar surface area (TPSA) is 0 Å². The van der Waals surface area contributed by atoms with E-state index in [-0.39, 0.29) is 12.0 Å². The lowest BCUT2D eigenvalue weighted by Gasteiger charge is -2.09. The molecule has 1 aromatic carbocycles. The lowest BCUT2D eigenvalue weighted by Crippen LogP contribution is -2.09. The maximum absolute atomic E-state index is 13.1. The lowest BCUT2D eigenvalue weighted by atomic mass is 9.92. The van der Waals surface area contributed by atoms with Crippen molar-refractivity contribution in [1.82, 2.24) is 0 Å². The van der Waals surface area contributed by atoms with E-state index in [4.69, 9.17) is 0 Å². The Morgan fingerprint density at radius 1 is 1.33 bits per heavy atom. The molecule has 1 aliphatic carbocycles. The third kappa shape index (κ3) is 1.04. The standard InChI is InChI=1S/C9H9BF2/c10-7-1-2-8-6(5-7)3-4-9(8,11)12/h1-2,5H,3-4,10H2. The number of hydrogen-bond donors (Lipinski definition) is 0. The van der Waals surface area contributed by atoms with Gasteiger partial charge in [0, 0.05) is 12.0 Å². The van der Waals surface area contributed by atoms with Crippen LogP contribution in [0.5, 0.6) is 0 Å². The van der Waals surface area contributed by atoms with Crippen LogP contribution in [-0.2, 0) is 12.3 Å². The number of hydrogen-bond acceptors (Lipinski definition) is 0. The van der Waals surface area contributed by atoms with Crippen LogP contribution in [0.4, 0.5) is 8.78 Å². The van der Waals surface area contributed by atoms with Crippen molar-refractivity contribution in [3.05, 3.63) is 29.3 Å². The van der Waals surface area contributed by atoms with Crippen molar-refractivity contribution in [2.45, 2.75) is 18.8 Å². The van der Waals surface area contributed by atoms with Gasteiger partial charge in [0.05, 0.1) is 0 Å². The molecule has 0 amide bonds. The van der Waals surface area contributed by atoms with Crippen LogP contribution in [0, 0.1) is 0 Å². The molecule has 1 aromatic rings. The number of benzene rings is 1. The third-order valence-electron chi connectivity index (χ3n) is 2.36. The molecular weight excluding hydrogens is 157 g/mol. The van der Waals surface area contributed by atoms with Gasteiger partial charge in [-0.2, -0.15) is 0 Å². The third-order valence-corrected chi connectivity index (χ3v) is 2.36. The van der Waals surface area contributed by atoms with Crippen LogP contribution in [0.2, 0.25) is 0 Å². The SMILES string of the molecule is Bc1ccc2c(c1)CCC2(F)F. The van der Waals surface area contributed by atoms with Gasteiger partial charge in [0.25, 0.3) is 5.92 Å². The summed E-state index contributed by atoms with van der Waals surface area (Å²) in [6.07, 6.45) is 0.496. The average molecular weight is 166 g/mol. The molecule has 0 radical (unpaired) electrons. The molecule has 0 aromatic heterocycles. The molecule has 0 fully saturated rings. The summed E-state index contributed by atoms with van der Waals surface area (Å²) < 4.78 is 26.1. The Labute approximate surface area is 71.0 Å². The van der Waals surface area contributed by atoms with Crippen molar-refractivity contribution in [2.24, 2.45) is 0 Å². The summed E-state index contributed by atoms with van der Waals surface area (Å²) in [4.78, 5) is 0. The highest BCUT2D eigenvalue weighted by Gasteiger charge is 2.38. The molecule has 0 spiro atoms. The van der Waals surface area contributed by atoms with Crippen molar-refractivity contribution < 1.29 is 8.78 Å². The Bertz CT molecular complexity index is 320. The molecule has 2 rings (SSSR count). The minimum atomic E-state index is -2.58. The van der Waals surface area contributed by atoms with Crippen LogP contribution in [0.15, 0.2) is 18.2 Å². The number of rotatable bonds is 0. The molecule has 0 atom stereocenters. The quantitative estimate of drug-likeness (QED) is 0.504. The average Bonchev–Trinajstić information content (AvgIpc) is 2.27. The van der Waals surface area contributed by atoms with E-state index in [9.17, 15) is 8.78 Å². The Morgan fingerprint density at radius 3 is 2.83 bits per heavy atom. The van der Waals surface area contributed by atoms with Crippen molar-refractivity contribution in [3.63, 3.8) is 0 Å². The maximum atomic E-state index is 13.1. The second-order valence-corrected chi connectivity index (χ2v) is 3.37. The largest absolute Gasteiger partial charge is 0.273 e. The van der Waals surface area contributed by atoms with E-state index in [2.05, 4.69) is 0 Å². The lowest BCUT2D eigenvalue weighted by molar-refractivity contribution is -0.00182. The van der Waals surface area contributed by atoms with Gasteiger partial charge in [0.15, 0.2) is 0 Å². The number of aryl methyl sites for hydroxylation is 1. The molecule has 0 saturated heterocycles. The molecule has 3 heteroatoms. The van der Waals surface area contributed by atoms with Crippen molar-refractivity contribution in [3.8, 4) is 0 Å². The second-order valence-electron chi connectivity index (χ2n) is 3.37. The Morgan fingerprint density at radius 2 is 2.08 bits per heavy atom. The normalized spacial score (nSPS) is 19.2. The van der Waals surface area contributed by atoms with E-state index < -0.39 is 5.92 Å². The van der Waals surface area contributed by atoms with Crippen LogP contribution in [0.25, 0.3) is 0 Å². The van der Waals surface area contributed by atoms with E-state index in [1.165, 1.54) is 0 Å². The Kier molecular flexibility index (Phi) is 1.50. The van der Waals surface area contributed by atoms with E-state index in [1.807, 2.05) is 13.9 Å². The molecule has 1 aliphatic rings. The second kappa shape index (κ2) is 2.31. The Balaban J connectivity index is 2.55. The zero-order chi connectivity index (χ0) is 8.77. The summed E-state index contributed by atoms with van der Waals surface area (Å²) in [5.41, 5.74) is 2.11. The van der Waals surface area contributed by atoms with E-state index in [0.717, 1.165) is 11.0 Å². The van der Waals surface area contributed by atoms with Crippen LogP contribution >= 0.6 is 0 Å². The summed E-state index contributed by atoms with van der Waals surface area (Å²) in [5.74, 6) is -2.58. The van der Waals surface area contributed by atoms with Crippen molar-refractivity contribution >= 4 is 13.3 Å². The first-order valence-corrected chi connectivity index (χ1v) is 4.07. The first kappa shape index (κ1) is 7.78. The smallest absolute Gasteiger partial charge is 0.201 e. The minimum Gasteiger partial charge on any atom is -0.201 e. The summed E-state index contributed by atoms with van der Waals surface area (Å²) >= 11 is 0. The van der Waals surface area contributed by atoms with Crippen molar-refractivity contribution in [2.75, 3.05) is 0 Å². The van der Waals surface area contributed by atoms with E-state index >= 15 is 0 Å². The van der Waals surface area contributed by atoms with E-state index in [1.54, 1.807) is 12.1 Å². The van der Waals surface area contributed by atoms with Gasteiger partial charge in [0.1, 0.15) is 7.85 Å². The molecule has 0 saturated carbocycles. The van der Waals surface area contributed by atoms with Gasteiger partial charge in [-0.1, -0.05) is 23.7 Å². The molecule has 0 aliphatic heterocycles. The van der Waals surface area contributed by atoms with Crippen LogP contribution < -0.4 is 5.46 Å². The summed E-state index contributed by atoms with van der Waals surface area (Å²) in [6, 6.07) is 5.16. The number of fused-ring (bicyclic) bond motifs is 1. The first-order valence-electron chi connectivity index (χ1n) is 4.07. The predicted molar refractivity (Wildman–Crippen MR) is 46.8 cm³/mol. The maximum Gasteiger partial charge on any atom is 0.273 e. The van der Waals surface area contributed by atoms with Gasteiger partial charge in [-0.05, 0) is 12.0 Å². The zero-order valence-corrected chi connectivity index (χ0v) is 6.90. The number of alkyl halides is 2. The van der Waals surface area contributed by atoms with Crippen LogP contribution in [0.3, 0.4) is 0 Å². The van der Waals surface area contributed by atoms with Crippen molar-refractivity contribution in [1.29, 1.82) is 0 Å². The number of halogens is 2. The van der Waals surface area contributed by atoms with Gasteiger partial charge >= 0.3 is 0 Å². The highest BCUT2D eigenvalue weighted by atomic mass is 19.3. The molecule has 62 valence electrons. The highest BCUT2D eigenvalue weighted by Crippen LogP contribution is 2.40. The monoisotopic (exact) mass is 166 g/mol. The molecule has 0 nitrogen and oxygen atoms in total. The molecule has 0 heterocycles. The van der Waals surface area contributed by atoms with E-state index in [0.29, 0.717) is 6.42 Å². The summed E-state index contributed by atoms with van der Waals surface area (Å²) in [5, 5.41) is 0. The minimum absolute atomic E-state index is 0.0220. The van der Waals surface area contributed by atoms with Gasteiger partial charge in [0.2, 0.25) is 0 Å². The highest BCUT2D eigenvalue weighted by molar-refractivity contribution is 6.32. The fraction of sp³-hybridized carbons (Fsp3) is 0.333. The predicted octanol–water partition coefficient (Wildman–Crippen LogP) is 0.983. The van der Waals surface area contributed by atoms with Gasteiger partial charge in [-0.25, -0.2) is 8.78 Å². The summed E-state index contributed by atoms with van der Waals surface area (Å²) in [7, 11) is 1.93. The van der Waals surface area contributed by atoms with Gasteiger partial charge < -0.3 is 0 Å². The summed E-state index contributed by atoms with van der Waals surface area (Å²) in [6.45, 7) is 0. The van der Waals surface area contributed by atoms with Crippen LogP contribution in [0.1, 0.15) is 17.5 Å². The fourth-order valence-electron chi connectivity index (χ4n) is 1.71. The molecule has 12 heavy (non-hydrogen) atoms. The first-order chi connectivity index (χ1) is 5.59. The molecule has 0 unspecified atom stereocenters. The van der Waals surface area contributed by atoms with Crippen LogP contribution in [-0.4, -0.2) is 7.85 Å². The fourth-order valence-corrected chi connectivity index (χ4v) is 1.71. The molecular formula is C9H9BF2. The Hall–Kier alpha value is -0.855.